The molecule has 0 aromatic heterocycles. The molecule has 0 bridgehead atoms. The highest BCUT2D eigenvalue weighted by molar-refractivity contribution is 6.17. The highest BCUT2D eigenvalue weighted by atomic mass is 35.5. The number of likely N-dealkylation sites (tertiary alicyclic amines) is 1. The second-order valence-corrected chi connectivity index (χ2v) is 5.82. The highest BCUT2D eigenvalue weighted by Crippen LogP contribution is 2.28. The van der Waals surface area contributed by atoms with Crippen molar-refractivity contribution in [1.29, 1.82) is 0 Å². The van der Waals surface area contributed by atoms with E-state index in [0.29, 0.717) is 11.9 Å². The van der Waals surface area contributed by atoms with Crippen molar-refractivity contribution >= 4 is 17.3 Å². The number of halogens is 2. The largest absolute Gasteiger partial charge is 0.368 e. The SMILES string of the molecule is Fc1cc(CCl)ccc1N1CCC(N2CCCC2)C1. The first-order chi connectivity index (χ1) is 9.28. The van der Waals surface area contributed by atoms with E-state index in [1.54, 1.807) is 6.07 Å². The Hall–Kier alpha value is -0.800. The first-order valence-corrected chi connectivity index (χ1v) is 7.65. The average molecular weight is 283 g/mol. The van der Waals surface area contributed by atoms with Crippen molar-refractivity contribution in [3.8, 4) is 0 Å². The monoisotopic (exact) mass is 282 g/mol. The van der Waals surface area contributed by atoms with Gasteiger partial charge in [0, 0.05) is 25.0 Å². The number of hydrogen-bond acceptors (Lipinski definition) is 2. The lowest BCUT2D eigenvalue weighted by Gasteiger charge is -2.24. The van der Waals surface area contributed by atoms with Gasteiger partial charge in [-0.25, -0.2) is 4.39 Å². The van der Waals surface area contributed by atoms with E-state index in [1.807, 2.05) is 12.1 Å². The molecular formula is C15H20ClFN2. The van der Waals surface area contributed by atoms with Crippen LogP contribution in [0.4, 0.5) is 10.1 Å². The summed E-state index contributed by atoms with van der Waals surface area (Å²) in [5, 5.41) is 0. The molecule has 0 saturated carbocycles. The van der Waals surface area contributed by atoms with E-state index < -0.39 is 0 Å². The molecule has 3 rings (SSSR count). The highest BCUT2D eigenvalue weighted by Gasteiger charge is 2.30. The molecule has 0 radical (unpaired) electrons. The predicted octanol–water partition coefficient (Wildman–Crippen LogP) is 3.24. The molecule has 0 amide bonds. The Morgan fingerprint density at radius 2 is 2.00 bits per heavy atom. The van der Waals surface area contributed by atoms with Crippen molar-refractivity contribution in [2.45, 2.75) is 31.2 Å². The lowest BCUT2D eigenvalue weighted by molar-refractivity contribution is 0.260. The fourth-order valence-electron chi connectivity index (χ4n) is 3.26. The van der Waals surface area contributed by atoms with Gasteiger partial charge in [0.25, 0.3) is 0 Å². The molecule has 104 valence electrons. The standard InChI is InChI=1S/C15H20ClFN2/c16-10-12-3-4-15(14(17)9-12)19-8-5-13(11-19)18-6-1-2-7-18/h3-4,9,13H,1-2,5-8,10-11H2. The minimum absolute atomic E-state index is 0.139. The summed E-state index contributed by atoms with van der Waals surface area (Å²) in [6.45, 7) is 4.34. The van der Waals surface area contributed by atoms with Crippen molar-refractivity contribution in [2.75, 3.05) is 31.1 Å². The summed E-state index contributed by atoms with van der Waals surface area (Å²) < 4.78 is 14.1. The van der Waals surface area contributed by atoms with Crippen molar-refractivity contribution < 1.29 is 4.39 Å². The maximum absolute atomic E-state index is 14.1. The van der Waals surface area contributed by atoms with Gasteiger partial charge >= 0.3 is 0 Å². The zero-order chi connectivity index (χ0) is 13.2. The quantitative estimate of drug-likeness (QED) is 0.786. The minimum Gasteiger partial charge on any atom is -0.368 e. The summed E-state index contributed by atoms with van der Waals surface area (Å²) >= 11 is 5.73. The van der Waals surface area contributed by atoms with Crippen LogP contribution in [0.3, 0.4) is 0 Å². The minimum atomic E-state index is -0.139. The summed E-state index contributed by atoms with van der Waals surface area (Å²) in [7, 11) is 0. The molecule has 2 aliphatic heterocycles. The first kappa shape index (κ1) is 13.2. The molecule has 0 aliphatic carbocycles. The van der Waals surface area contributed by atoms with E-state index in [2.05, 4.69) is 9.80 Å². The van der Waals surface area contributed by atoms with Gasteiger partial charge in [0.2, 0.25) is 0 Å². The number of hydrogen-bond donors (Lipinski definition) is 0. The van der Waals surface area contributed by atoms with Gasteiger partial charge in [0.1, 0.15) is 5.82 Å². The second-order valence-electron chi connectivity index (χ2n) is 5.55. The summed E-state index contributed by atoms with van der Waals surface area (Å²) in [6, 6.07) is 5.97. The fourth-order valence-corrected chi connectivity index (χ4v) is 3.42. The Kier molecular flexibility index (Phi) is 3.94. The van der Waals surface area contributed by atoms with Crippen molar-refractivity contribution in [2.24, 2.45) is 0 Å². The number of alkyl halides is 1. The van der Waals surface area contributed by atoms with Gasteiger partial charge in [0.05, 0.1) is 5.69 Å². The molecule has 19 heavy (non-hydrogen) atoms. The van der Waals surface area contributed by atoms with E-state index in [9.17, 15) is 4.39 Å². The Balaban J connectivity index is 1.70. The van der Waals surface area contributed by atoms with Crippen LogP contribution in [0.1, 0.15) is 24.8 Å². The molecular weight excluding hydrogens is 263 g/mol. The molecule has 0 N–H and O–H groups in total. The lowest BCUT2D eigenvalue weighted by atomic mass is 10.2. The third kappa shape index (κ3) is 2.72. The third-order valence-electron chi connectivity index (χ3n) is 4.33. The molecule has 1 aromatic carbocycles. The van der Waals surface area contributed by atoms with E-state index in [4.69, 9.17) is 11.6 Å². The van der Waals surface area contributed by atoms with Gasteiger partial charge < -0.3 is 4.90 Å². The molecule has 2 nitrogen and oxygen atoms in total. The maximum Gasteiger partial charge on any atom is 0.146 e. The molecule has 2 heterocycles. The van der Waals surface area contributed by atoms with Crippen LogP contribution in [0, 0.1) is 5.82 Å². The van der Waals surface area contributed by atoms with Crippen LogP contribution in [0.5, 0.6) is 0 Å². The van der Waals surface area contributed by atoms with E-state index in [0.717, 1.165) is 30.8 Å². The van der Waals surface area contributed by atoms with Crippen molar-refractivity contribution in [3.63, 3.8) is 0 Å². The number of rotatable bonds is 3. The third-order valence-corrected chi connectivity index (χ3v) is 4.64. The Bertz CT molecular complexity index is 446. The zero-order valence-electron chi connectivity index (χ0n) is 11.1. The number of nitrogens with zero attached hydrogens (tertiary/aromatic N) is 2. The van der Waals surface area contributed by atoms with E-state index in [1.165, 1.54) is 25.9 Å². The van der Waals surface area contributed by atoms with Gasteiger partial charge in [-0.1, -0.05) is 6.07 Å². The van der Waals surface area contributed by atoms with E-state index >= 15 is 0 Å². The molecule has 1 aromatic rings. The normalized spacial score (nSPS) is 24.3. The van der Waals surface area contributed by atoms with E-state index in [-0.39, 0.29) is 5.82 Å². The molecule has 1 atom stereocenters. The average Bonchev–Trinajstić information content (AvgIpc) is 3.09. The van der Waals surface area contributed by atoms with Crippen LogP contribution in [-0.4, -0.2) is 37.1 Å². The molecule has 2 fully saturated rings. The predicted molar refractivity (Wildman–Crippen MR) is 77.4 cm³/mol. The van der Waals surface area contributed by atoms with Crippen LogP contribution in [0.2, 0.25) is 0 Å². The van der Waals surface area contributed by atoms with Crippen molar-refractivity contribution in [1.82, 2.24) is 4.90 Å². The molecule has 4 heteroatoms. The Morgan fingerprint density at radius 1 is 1.21 bits per heavy atom. The van der Waals surface area contributed by atoms with Crippen molar-refractivity contribution in [3.05, 3.63) is 29.6 Å². The molecule has 1 unspecified atom stereocenters. The summed E-state index contributed by atoms with van der Waals surface area (Å²) in [4.78, 5) is 4.74. The second kappa shape index (κ2) is 5.68. The molecule has 2 saturated heterocycles. The maximum atomic E-state index is 14.1. The Morgan fingerprint density at radius 3 is 2.68 bits per heavy atom. The summed E-state index contributed by atoms with van der Waals surface area (Å²) in [5.74, 6) is 0.230. The van der Waals surface area contributed by atoms with Crippen LogP contribution < -0.4 is 4.90 Å². The van der Waals surface area contributed by atoms with Gasteiger partial charge in [-0.05, 0) is 50.0 Å². The molecule has 2 aliphatic rings. The number of anilines is 1. The van der Waals surface area contributed by atoms with Gasteiger partial charge in [-0.15, -0.1) is 11.6 Å². The topological polar surface area (TPSA) is 6.48 Å². The van der Waals surface area contributed by atoms with Crippen LogP contribution >= 0.6 is 11.6 Å². The Labute approximate surface area is 119 Å². The zero-order valence-corrected chi connectivity index (χ0v) is 11.9. The van der Waals surface area contributed by atoms with Crippen LogP contribution in [0.15, 0.2) is 18.2 Å². The number of benzene rings is 1. The molecule has 0 spiro atoms. The van der Waals surface area contributed by atoms with Gasteiger partial charge in [0.15, 0.2) is 0 Å². The van der Waals surface area contributed by atoms with Crippen LogP contribution in [0.25, 0.3) is 0 Å². The summed E-state index contributed by atoms with van der Waals surface area (Å²) in [5.41, 5.74) is 1.58. The summed E-state index contributed by atoms with van der Waals surface area (Å²) in [6.07, 6.45) is 3.78. The van der Waals surface area contributed by atoms with Gasteiger partial charge in [-0.2, -0.15) is 0 Å². The van der Waals surface area contributed by atoms with Crippen LogP contribution in [-0.2, 0) is 5.88 Å². The first-order valence-electron chi connectivity index (χ1n) is 7.11. The fraction of sp³-hybridized carbons (Fsp3) is 0.600. The lowest BCUT2D eigenvalue weighted by Crippen LogP contribution is -2.35. The van der Waals surface area contributed by atoms with Gasteiger partial charge in [-0.3, -0.25) is 4.90 Å². The smallest absolute Gasteiger partial charge is 0.146 e.